The summed E-state index contributed by atoms with van der Waals surface area (Å²) < 4.78 is 49.7. The summed E-state index contributed by atoms with van der Waals surface area (Å²) in [6, 6.07) is 6.43. The summed E-state index contributed by atoms with van der Waals surface area (Å²) in [6.45, 7) is 0. The highest BCUT2D eigenvalue weighted by Crippen LogP contribution is 2.32. The van der Waals surface area contributed by atoms with Crippen LogP contribution in [-0.4, -0.2) is 18.3 Å². The van der Waals surface area contributed by atoms with Gasteiger partial charge in [-0.05, 0) is 24.0 Å². The largest absolute Gasteiger partial charge is 0.383 e. The van der Waals surface area contributed by atoms with Gasteiger partial charge in [-0.25, -0.2) is 8.78 Å². The van der Waals surface area contributed by atoms with Crippen LogP contribution in [0.1, 0.15) is 23.6 Å². The molecule has 0 saturated heterocycles. The van der Waals surface area contributed by atoms with Crippen LogP contribution in [0, 0.1) is 0 Å². The van der Waals surface area contributed by atoms with Crippen LogP contribution in [0.5, 0.6) is 0 Å². The van der Waals surface area contributed by atoms with E-state index in [0.29, 0.717) is 12.8 Å². The number of aryl methyl sites for hydroxylation is 1. The summed E-state index contributed by atoms with van der Waals surface area (Å²) in [7, 11) is 0. The van der Waals surface area contributed by atoms with Crippen molar-refractivity contribution in [3.05, 3.63) is 35.4 Å². The highest BCUT2D eigenvalue weighted by atomic mass is 19.3. The zero-order valence-corrected chi connectivity index (χ0v) is 9.30. The van der Waals surface area contributed by atoms with Crippen molar-refractivity contribution < 1.29 is 22.4 Å². The van der Waals surface area contributed by atoms with E-state index in [2.05, 4.69) is 0 Å². The van der Waals surface area contributed by atoms with Gasteiger partial charge in [0.25, 0.3) is 5.91 Å². The van der Waals surface area contributed by atoms with Gasteiger partial charge in [-0.15, -0.1) is 0 Å². The van der Waals surface area contributed by atoms with Crippen molar-refractivity contribution in [2.45, 2.75) is 31.2 Å². The molecule has 1 aromatic rings. The molecule has 6 heteroatoms. The molecular weight excluding hydrogens is 250 g/mol. The zero-order chi connectivity index (χ0) is 13.3. The summed E-state index contributed by atoms with van der Waals surface area (Å²) >= 11 is 0. The fourth-order valence-electron chi connectivity index (χ4n) is 2.06. The first-order valence-corrected chi connectivity index (χ1v) is 5.47. The van der Waals surface area contributed by atoms with E-state index in [4.69, 9.17) is 0 Å². The molecule has 0 aromatic heterocycles. The van der Waals surface area contributed by atoms with Gasteiger partial charge in [0, 0.05) is 0 Å². The molecule has 0 heterocycles. The molecule has 0 fully saturated rings. The molecule has 1 amide bonds. The Balaban J connectivity index is 2.11. The second-order valence-electron chi connectivity index (χ2n) is 4.19. The number of amides is 1. The maximum atomic E-state index is 12.8. The molecule has 0 radical (unpaired) electrons. The first-order chi connectivity index (χ1) is 8.43. The third-order valence-corrected chi connectivity index (χ3v) is 3.01. The SMILES string of the molecule is O=C(NC1CCc2ccccc21)C(F)(F)C(F)F. The fourth-order valence-corrected chi connectivity index (χ4v) is 2.06. The fraction of sp³-hybridized carbons (Fsp3) is 0.417. The molecule has 1 aromatic carbocycles. The Labute approximate surface area is 101 Å². The van der Waals surface area contributed by atoms with E-state index in [1.54, 1.807) is 18.2 Å². The zero-order valence-electron chi connectivity index (χ0n) is 9.30. The van der Waals surface area contributed by atoms with E-state index in [-0.39, 0.29) is 0 Å². The summed E-state index contributed by atoms with van der Waals surface area (Å²) in [5, 5.41) is 1.99. The maximum Gasteiger partial charge on any atom is 0.383 e. The Hall–Kier alpha value is -1.59. The molecule has 1 aliphatic rings. The van der Waals surface area contributed by atoms with Gasteiger partial charge < -0.3 is 5.32 Å². The topological polar surface area (TPSA) is 29.1 Å². The van der Waals surface area contributed by atoms with Crippen molar-refractivity contribution in [3.8, 4) is 0 Å². The number of fused-ring (bicyclic) bond motifs is 1. The number of hydrogen-bond acceptors (Lipinski definition) is 1. The molecule has 1 aliphatic carbocycles. The van der Waals surface area contributed by atoms with Crippen molar-refractivity contribution >= 4 is 5.91 Å². The van der Waals surface area contributed by atoms with E-state index in [1.807, 2.05) is 11.4 Å². The smallest absolute Gasteiger partial charge is 0.344 e. The summed E-state index contributed by atoms with van der Waals surface area (Å²) in [4.78, 5) is 11.1. The summed E-state index contributed by atoms with van der Waals surface area (Å²) in [6.07, 6.45) is -2.90. The van der Waals surface area contributed by atoms with Gasteiger partial charge in [-0.2, -0.15) is 8.78 Å². The van der Waals surface area contributed by atoms with Crippen LogP contribution in [-0.2, 0) is 11.2 Å². The molecule has 0 saturated carbocycles. The number of carbonyl (C=O) groups excluding carboxylic acids is 1. The standard InChI is InChI=1S/C12H11F4NO/c13-10(14)12(15,16)11(18)17-9-6-5-7-3-1-2-4-8(7)9/h1-4,9-10H,5-6H2,(H,17,18). The predicted molar refractivity (Wildman–Crippen MR) is 56.6 cm³/mol. The maximum absolute atomic E-state index is 12.8. The van der Waals surface area contributed by atoms with Crippen LogP contribution < -0.4 is 5.32 Å². The van der Waals surface area contributed by atoms with Gasteiger partial charge in [-0.1, -0.05) is 24.3 Å². The minimum atomic E-state index is -4.64. The van der Waals surface area contributed by atoms with Crippen molar-refractivity contribution in [2.24, 2.45) is 0 Å². The average Bonchev–Trinajstić information content (AvgIpc) is 2.72. The van der Waals surface area contributed by atoms with Gasteiger partial charge in [0.15, 0.2) is 0 Å². The minimum absolute atomic E-state index is 0.449. The highest BCUT2D eigenvalue weighted by Gasteiger charge is 2.49. The van der Waals surface area contributed by atoms with Crippen molar-refractivity contribution in [1.82, 2.24) is 5.32 Å². The van der Waals surface area contributed by atoms with Crippen LogP contribution in [0.15, 0.2) is 24.3 Å². The third-order valence-electron chi connectivity index (χ3n) is 3.01. The molecule has 98 valence electrons. The van der Waals surface area contributed by atoms with Crippen molar-refractivity contribution in [2.75, 3.05) is 0 Å². The Kier molecular flexibility index (Phi) is 3.28. The quantitative estimate of drug-likeness (QED) is 0.833. The van der Waals surface area contributed by atoms with E-state index < -0.39 is 24.3 Å². The number of alkyl halides is 4. The number of hydrogen-bond donors (Lipinski definition) is 1. The Morgan fingerprint density at radius 2 is 2.00 bits per heavy atom. The molecule has 2 nitrogen and oxygen atoms in total. The molecule has 1 unspecified atom stereocenters. The number of rotatable bonds is 3. The Bertz CT molecular complexity index is 461. The lowest BCUT2D eigenvalue weighted by Crippen LogP contribution is -2.46. The van der Waals surface area contributed by atoms with Gasteiger partial charge >= 0.3 is 12.3 Å². The molecule has 2 rings (SSSR count). The van der Waals surface area contributed by atoms with Crippen molar-refractivity contribution in [1.29, 1.82) is 0 Å². The molecule has 0 bridgehead atoms. The first-order valence-electron chi connectivity index (χ1n) is 5.47. The highest BCUT2D eigenvalue weighted by molar-refractivity contribution is 5.84. The summed E-state index contributed by atoms with van der Waals surface area (Å²) in [5.74, 6) is -6.56. The lowest BCUT2D eigenvalue weighted by Gasteiger charge is -2.19. The molecule has 1 N–H and O–H groups in total. The van der Waals surface area contributed by atoms with E-state index >= 15 is 0 Å². The number of halogens is 4. The predicted octanol–water partition coefficient (Wildman–Crippen LogP) is 2.69. The van der Waals surface area contributed by atoms with E-state index in [9.17, 15) is 22.4 Å². The second kappa shape index (κ2) is 4.59. The van der Waals surface area contributed by atoms with Gasteiger partial charge in [0.05, 0.1) is 6.04 Å². The van der Waals surface area contributed by atoms with E-state index in [0.717, 1.165) is 11.1 Å². The molecule has 1 atom stereocenters. The lowest BCUT2D eigenvalue weighted by molar-refractivity contribution is -0.170. The second-order valence-corrected chi connectivity index (χ2v) is 4.19. The van der Waals surface area contributed by atoms with Crippen LogP contribution in [0.2, 0.25) is 0 Å². The van der Waals surface area contributed by atoms with Crippen LogP contribution in [0.3, 0.4) is 0 Å². The van der Waals surface area contributed by atoms with Crippen molar-refractivity contribution in [3.63, 3.8) is 0 Å². The monoisotopic (exact) mass is 261 g/mol. The molecule has 0 spiro atoms. The minimum Gasteiger partial charge on any atom is -0.344 e. The van der Waals surface area contributed by atoms with Gasteiger partial charge in [0.2, 0.25) is 0 Å². The first kappa shape index (κ1) is 12.9. The summed E-state index contributed by atoms with van der Waals surface area (Å²) in [5.41, 5.74) is 1.67. The normalized spacial score (nSPS) is 18.8. The van der Waals surface area contributed by atoms with E-state index in [1.165, 1.54) is 0 Å². The number of benzene rings is 1. The molecule has 18 heavy (non-hydrogen) atoms. The number of carbonyl (C=O) groups is 1. The molecular formula is C12H11F4NO. The van der Waals surface area contributed by atoms with Crippen LogP contribution in [0.25, 0.3) is 0 Å². The van der Waals surface area contributed by atoms with Gasteiger partial charge in [-0.3, -0.25) is 4.79 Å². The van der Waals surface area contributed by atoms with Crippen LogP contribution >= 0.6 is 0 Å². The molecule has 0 aliphatic heterocycles. The third kappa shape index (κ3) is 2.19. The number of nitrogens with one attached hydrogen (secondary N) is 1. The van der Waals surface area contributed by atoms with Gasteiger partial charge in [0.1, 0.15) is 0 Å². The average molecular weight is 261 g/mol. The Morgan fingerprint density at radius 3 is 2.67 bits per heavy atom. The lowest BCUT2D eigenvalue weighted by atomic mass is 10.1. The van der Waals surface area contributed by atoms with Crippen LogP contribution in [0.4, 0.5) is 17.6 Å². The Morgan fingerprint density at radius 1 is 1.33 bits per heavy atom.